The van der Waals surface area contributed by atoms with Crippen LogP contribution in [-0.2, 0) is 4.79 Å². The Hall–Kier alpha value is -4.18. The zero-order chi connectivity index (χ0) is 22.7. The van der Waals surface area contributed by atoms with Gasteiger partial charge in [0.1, 0.15) is 17.3 Å². The van der Waals surface area contributed by atoms with E-state index in [1.165, 1.54) is 6.07 Å². The number of benzene rings is 4. The minimum Gasteiger partial charge on any atom is -0.508 e. The van der Waals surface area contributed by atoms with Crippen molar-refractivity contribution in [3.8, 4) is 44.9 Å². The molecule has 0 radical (unpaired) electrons. The monoisotopic (exact) mass is 424 g/mol. The van der Waals surface area contributed by atoms with Crippen LogP contribution >= 0.6 is 0 Å². The molecule has 4 aromatic carbocycles. The first-order valence-corrected chi connectivity index (χ1v) is 10.1. The summed E-state index contributed by atoms with van der Waals surface area (Å²) < 4.78 is 20.1. The standard InChI is InChI=1S/C28H21FO3/c1-18(2)28(31)32-25-14-9-21(10-15-25)23-11-16-26(27(29)17-23)22-5-3-19(4-6-22)20-7-12-24(30)13-8-20/h3-17,30H,1H2,2H3. The summed E-state index contributed by atoms with van der Waals surface area (Å²) in [6.07, 6.45) is 0. The van der Waals surface area contributed by atoms with E-state index in [4.69, 9.17) is 4.74 Å². The number of hydrogen-bond acceptors (Lipinski definition) is 3. The number of aromatic hydroxyl groups is 1. The highest BCUT2D eigenvalue weighted by Gasteiger charge is 2.10. The number of phenolic OH excluding ortho intramolecular Hbond substituents is 1. The average Bonchev–Trinajstić information content (AvgIpc) is 2.80. The molecule has 0 aliphatic carbocycles. The Balaban J connectivity index is 1.54. The van der Waals surface area contributed by atoms with Crippen LogP contribution in [0.5, 0.6) is 11.5 Å². The molecule has 4 rings (SSSR count). The van der Waals surface area contributed by atoms with Gasteiger partial charge in [0.2, 0.25) is 0 Å². The van der Waals surface area contributed by atoms with Crippen molar-refractivity contribution in [3.05, 3.63) is 109 Å². The molecule has 0 aromatic heterocycles. The summed E-state index contributed by atoms with van der Waals surface area (Å²) in [6.45, 7) is 5.14. The number of rotatable bonds is 5. The Morgan fingerprint density at radius 1 is 0.750 bits per heavy atom. The highest BCUT2D eigenvalue weighted by Crippen LogP contribution is 2.31. The summed E-state index contributed by atoms with van der Waals surface area (Å²) in [4.78, 5) is 11.6. The Morgan fingerprint density at radius 3 is 1.78 bits per heavy atom. The van der Waals surface area contributed by atoms with Crippen LogP contribution in [0.2, 0.25) is 0 Å². The van der Waals surface area contributed by atoms with Gasteiger partial charge >= 0.3 is 5.97 Å². The molecule has 0 fully saturated rings. The minimum absolute atomic E-state index is 0.218. The maximum absolute atomic E-state index is 14.9. The molecule has 4 aromatic rings. The molecule has 0 saturated carbocycles. The van der Waals surface area contributed by atoms with Crippen molar-refractivity contribution in [2.75, 3.05) is 0 Å². The van der Waals surface area contributed by atoms with E-state index < -0.39 is 5.97 Å². The lowest BCUT2D eigenvalue weighted by Crippen LogP contribution is -2.07. The van der Waals surface area contributed by atoms with E-state index in [-0.39, 0.29) is 11.6 Å². The van der Waals surface area contributed by atoms with Gasteiger partial charge in [-0.3, -0.25) is 0 Å². The van der Waals surface area contributed by atoms with Gasteiger partial charge in [-0.2, -0.15) is 0 Å². The van der Waals surface area contributed by atoms with Gasteiger partial charge in [-0.25, -0.2) is 9.18 Å². The maximum Gasteiger partial charge on any atom is 0.338 e. The van der Waals surface area contributed by atoms with Gasteiger partial charge in [-0.15, -0.1) is 0 Å². The zero-order valence-corrected chi connectivity index (χ0v) is 17.5. The largest absolute Gasteiger partial charge is 0.508 e. The highest BCUT2D eigenvalue weighted by atomic mass is 19.1. The van der Waals surface area contributed by atoms with E-state index in [2.05, 4.69) is 6.58 Å². The van der Waals surface area contributed by atoms with E-state index in [0.717, 1.165) is 27.8 Å². The second kappa shape index (κ2) is 8.90. The Bertz CT molecular complexity index is 1270. The fraction of sp³-hybridized carbons (Fsp3) is 0.0357. The second-order valence-corrected chi connectivity index (χ2v) is 7.51. The quantitative estimate of drug-likeness (QED) is 0.213. The summed E-state index contributed by atoms with van der Waals surface area (Å²) in [5.41, 5.74) is 5.11. The molecule has 0 unspecified atom stereocenters. The van der Waals surface area contributed by atoms with Gasteiger partial charge < -0.3 is 9.84 Å². The van der Waals surface area contributed by atoms with Crippen molar-refractivity contribution in [2.24, 2.45) is 0 Å². The normalized spacial score (nSPS) is 10.6. The molecule has 4 heteroatoms. The summed E-state index contributed by atoms with van der Waals surface area (Å²) >= 11 is 0. The summed E-state index contributed by atoms with van der Waals surface area (Å²) in [6, 6.07) is 26.6. The summed E-state index contributed by atoms with van der Waals surface area (Å²) in [5, 5.41) is 9.44. The lowest BCUT2D eigenvalue weighted by Gasteiger charge is -2.09. The highest BCUT2D eigenvalue weighted by molar-refractivity contribution is 5.88. The molecule has 0 saturated heterocycles. The third-order valence-corrected chi connectivity index (χ3v) is 5.11. The van der Waals surface area contributed by atoms with E-state index in [9.17, 15) is 14.3 Å². The molecule has 0 bridgehead atoms. The van der Waals surface area contributed by atoms with Crippen molar-refractivity contribution in [2.45, 2.75) is 6.92 Å². The van der Waals surface area contributed by atoms with Gasteiger partial charge in [0.15, 0.2) is 0 Å². The van der Waals surface area contributed by atoms with Crippen LogP contribution < -0.4 is 4.74 Å². The number of carbonyl (C=O) groups is 1. The topological polar surface area (TPSA) is 46.5 Å². The molecule has 0 spiro atoms. The molecule has 0 amide bonds. The van der Waals surface area contributed by atoms with E-state index in [1.54, 1.807) is 49.4 Å². The number of halogens is 1. The van der Waals surface area contributed by atoms with Crippen LogP contribution in [0.4, 0.5) is 4.39 Å². The second-order valence-electron chi connectivity index (χ2n) is 7.51. The van der Waals surface area contributed by atoms with Crippen molar-refractivity contribution in [1.82, 2.24) is 0 Å². The number of phenols is 1. The fourth-order valence-corrected chi connectivity index (χ4v) is 3.33. The minimum atomic E-state index is -0.482. The van der Waals surface area contributed by atoms with Crippen molar-refractivity contribution >= 4 is 5.97 Å². The van der Waals surface area contributed by atoms with Crippen LogP contribution in [0.25, 0.3) is 33.4 Å². The Kier molecular flexibility index (Phi) is 5.86. The Labute approximate surface area is 186 Å². The Morgan fingerprint density at radius 2 is 1.22 bits per heavy atom. The van der Waals surface area contributed by atoms with Crippen LogP contribution in [0.15, 0.2) is 103 Å². The molecule has 0 heterocycles. The molecular weight excluding hydrogens is 403 g/mol. The lowest BCUT2D eigenvalue weighted by molar-refractivity contribution is -0.130. The first-order valence-electron chi connectivity index (χ1n) is 10.1. The van der Waals surface area contributed by atoms with Gasteiger partial charge in [0.05, 0.1) is 0 Å². The van der Waals surface area contributed by atoms with E-state index >= 15 is 0 Å². The third-order valence-electron chi connectivity index (χ3n) is 5.11. The smallest absolute Gasteiger partial charge is 0.338 e. The fourth-order valence-electron chi connectivity index (χ4n) is 3.33. The predicted molar refractivity (Wildman–Crippen MR) is 125 cm³/mol. The third kappa shape index (κ3) is 4.60. The molecule has 32 heavy (non-hydrogen) atoms. The first-order chi connectivity index (χ1) is 15.4. The van der Waals surface area contributed by atoms with Crippen LogP contribution in [0.1, 0.15) is 6.92 Å². The zero-order valence-electron chi connectivity index (χ0n) is 17.5. The van der Waals surface area contributed by atoms with Crippen LogP contribution in [0.3, 0.4) is 0 Å². The molecule has 0 atom stereocenters. The van der Waals surface area contributed by atoms with E-state index in [1.807, 2.05) is 42.5 Å². The first kappa shape index (κ1) is 21.1. The number of hydrogen-bond donors (Lipinski definition) is 1. The molecular formula is C28H21FO3. The SMILES string of the molecule is C=C(C)C(=O)Oc1ccc(-c2ccc(-c3ccc(-c4ccc(O)cc4)cc3)c(F)c2)cc1. The number of ether oxygens (including phenoxy) is 1. The lowest BCUT2D eigenvalue weighted by atomic mass is 9.97. The molecule has 3 nitrogen and oxygen atoms in total. The van der Waals surface area contributed by atoms with Gasteiger partial charge in [0, 0.05) is 11.1 Å². The summed E-state index contributed by atoms with van der Waals surface area (Å²) in [5.74, 6) is -0.176. The van der Waals surface area contributed by atoms with Crippen molar-refractivity contribution in [3.63, 3.8) is 0 Å². The van der Waals surface area contributed by atoms with Crippen LogP contribution in [0, 0.1) is 5.82 Å². The van der Waals surface area contributed by atoms with Crippen LogP contribution in [-0.4, -0.2) is 11.1 Å². The number of esters is 1. The van der Waals surface area contributed by atoms with Gasteiger partial charge in [0.25, 0.3) is 0 Å². The molecule has 0 aliphatic rings. The average molecular weight is 424 g/mol. The molecule has 1 N–H and O–H groups in total. The number of carbonyl (C=O) groups excluding carboxylic acids is 1. The molecule has 0 aliphatic heterocycles. The maximum atomic E-state index is 14.9. The molecule has 158 valence electrons. The van der Waals surface area contributed by atoms with Crippen molar-refractivity contribution in [1.29, 1.82) is 0 Å². The summed E-state index contributed by atoms with van der Waals surface area (Å²) in [7, 11) is 0. The predicted octanol–water partition coefficient (Wildman–Crippen LogP) is 7.01. The van der Waals surface area contributed by atoms with Gasteiger partial charge in [-0.05, 0) is 65.1 Å². The van der Waals surface area contributed by atoms with Gasteiger partial charge in [-0.1, -0.05) is 67.2 Å². The van der Waals surface area contributed by atoms with E-state index in [0.29, 0.717) is 16.9 Å². The van der Waals surface area contributed by atoms with Crippen molar-refractivity contribution < 1.29 is 19.0 Å².